The first-order chi connectivity index (χ1) is 13.5. The van der Waals surface area contributed by atoms with Crippen LogP contribution in [0.5, 0.6) is 0 Å². The van der Waals surface area contributed by atoms with E-state index in [0.717, 1.165) is 53.3 Å². The molecule has 6 heteroatoms. The summed E-state index contributed by atoms with van der Waals surface area (Å²) in [6.07, 6.45) is 4.49. The Labute approximate surface area is 169 Å². The number of hydrogen-bond acceptors (Lipinski definition) is 5. The van der Waals surface area contributed by atoms with Gasteiger partial charge in [-0.05, 0) is 56.8 Å². The van der Waals surface area contributed by atoms with Crippen LogP contribution in [0.1, 0.15) is 42.1 Å². The van der Waals surface area contributed by atoms with Crippen molar-refractivity contribution in [1.29, 1.82) is 0 Å². The minimum Gasteiger partial charge on any atom is -0.464 e. The molecule has 1 fully saturated rings. The maximum absolute atomic E-state index is 12.5. The van der Waals surface area contributed by atoms with Gasteiger partial charge >= 0.3 is 0 Å². The Morgan fingerprint density at radius 2 is 2.11 bits per heavy atom. The summed E-state index contributed by atoms with van der Waals surface area (Å²) in [7, 11) is 0. The van der Waals surface area contributed by atoms with Gasteiger partial charge in [-0.15, -0.1) is 11.3 Å². The van der Waals surface area contributed by atoms with Gasteiger partial charge in [-0.2, -0.15) is 0 Å². The number of furan rings is 1. The van der Waals surface area contributed by atoms with Gasteiger partial charge in [0.2, 0.25) is 5.91 Å². The van der Waals surface area contributed by atoms with Crippen LogP contribution in [0, 0.1) is 19.8 Å². The molecule has 5 nitrogen and oxygen atoms in total. The third-order valence-corrected chi connectivity index (χ3v) is 6.56. The summed E-state index contributed by atoms with van der Waals surface area (Å²) in [5, 5.41) is 6.68. The van der Waals surface area contributed by atoms with Crippen LogP contribution in [0.4, 0.5) is 5.13 Å². The summed E-state index contributed by atoms with van der Waals surface area (Å²) in [4.78, 5) is 19.6. The van der Waals surface area contributed by atoms with Crippen molar-refractivity contribution in [2.75, 3.05) is 18.4 Å². The monoisotopic (exact) mass is 397 g/mol. The molecule has 3 heterocycles. The second-order valence-electron chi connectivity index (χ2n) is 7.97. The average Bonchev–Trinajstić information content (AvgIpc) is 3.27. The minimum absolute atomic E-state index is 0.0615. The molecule has 3 aromatic rings. The van der Waals surface area contributed by atoms with E-state index in [1.165, 1.54) is 29.7 Å². The average molecular weight is 398 g/mol. The Hall–Kier alpha value is -2.18. The molecular weight excluding hydrogens is 370 g/mol. The quantitative estimate of drug-likeness (QED) is 0.664. The summed E-state index contributed by atoms with van der Waals surface area (Å²) in [5.74, 6) is 0.766. The number of carbonyl (C=O) groups is 1. The number of nitrogens with zero attached hydrogens (tertiary/aromatic N) is 2. The normalized spacial score (nSPS) is 16.0. The number of thiazole rings is 1. The molecule has 0 spiro atoms. The van der Waals surface area contributed by atoms with E-state index in [-0.39, 0.29) is 12.3 Å². The molecule has 2 aromatic heterocycles. The maximum atomic E-state index is 12.5. The molecule has 0 radical (unpaired) electrons. The highest BCUT2D eigenvalue weighted by Gasteiger charge is 2.18. The molecule has 1 aliphatic rings. The number of piperidine rings is 1. The number of benzene rings is 1. The number of rotatable bonds is 5. The third kappa shape index (κ3) is 4.13. The van der Waals surface area contributed by atoms with Crippen LogP contribution in [0.25, 0.3) is 11.0 Å². The minimum atomic E-state index is -0.0615. The van der Waals surface area contributed by atoms with E-state index < -0.39 is 0 Å². The molecule has 28 heavy (non-hydrogen) atoms. The van der Waals surface area contributed by atoms with Gasteiger partial charge in [0.05, 0.1) is 18.4 Å². The lowest BCUT2D eigenvalue weighted by atomic mass is 9.99. The van der Waals surface area contributed by atoms with E-state index >= 15 is 0 Å². The van der Waals surface area contributed by atoms with E-state index in [9.17, 15) is 4.79 Å². The molecule has 1 aliphatic heterocycles. The Morgan fingerprint density at radius 1 is 1.32 bits per heavy atom. The topological polar surface area (TPSA) is 58.4 Å². The zero-order valence-corrected chi connectivity index (χ0v) is 17.6. The lowest BCUT2D eigenvalue weighted by Crippen LogP contribution is -2.32. The zero-order chi connectivity index (χ0) is 19.7. The summed E-state index contributed by atoms with van der Waals surface area (Å²) >= 11 is 1.49. The van der Waals surface area contributed by atoms with Crippen molar-refractivity contribution in [3.8, 4) is 0 Å². The predicted octanol–water partition coefficient (Wildman–Crippen LogP) is 4.92. The maximum Gasteiger partial charge on any atom is 0.230 e. The van der Waals surface area contributed by atoms with E-state index in [2.05, 4.69) is 35.1 Å². The fourth-order valence-corrected chi connectivity index (χ4v) is 4.47. The van der Waals surface area contributed by atoms with Crippen molar-refractivity contribution < 1.29 is 9.21 Å². The van der Waals surface area contributed by atoms with E-state index in [1.807, 2.05) is 18.4 Å². The molecule has 148 valence electrons. The van der Waals surface area contributed by atoms with Gasteiger partial charge in [0.1, 0.15) is 5.58 Å². The summed E-state index contributed by atoms with van der Waals surface area (Å²) in [6.45, 7) is 9.56. The Bertz CT molecular complexity index is 983. The number of carbonyl (C=O) groups excluding carboxylic acids is 1. The molecule has 0 aliphatic carbocycles. The number of likely N-dealkylation sites (tertiary alicyclic amines) is 1. The smallest absolute Gasteiger partial charge is 0.230 e. The van der Waals surface area contributed by atoms with Crippen molar-refractivity contribution in [3.63, 3.8) is 0 Å². The van der Waals surface area contributed by atoms with Gasteiger partial charge in [0, 0.05) is 22.9 Å². The Morgan fingerprint density at radius 3 is 2.89 bits per heavy atom. The van der Waals surface area contributed by atoms with Crippen LogP contribution >= 0.6 is 11.3 Å². The fourth-order valence-electron chi connectivity index (χ4n) is 3.75. The molecule has 1 aromatic carbocycles. The molecule has 1 saturated heterocycles. The molecule has 0 bridgehead atoms. The van der Waals surface area contributed by atoms with Gasteiger partial charge < -0.3 is 9.73 Å². The zero-order valence-electron chi connectivity index (χ0n) is 16.7. The number of amides is 1. The lowest BCUT2D eigenvalue weighted by molar-refractivity contribution is -0.115. The van der Waals surface area contributed by atoms with Gasteiger partial charge in [-0.1, -0.05) is 19.1 Å². The lowest BCUT2D eigenvalue weighted by Gasteiger charge is -2.29. The van der Waals surface area contributed by atoms with Gasteiger partial charge in [0.25, 0.3) is 0 Å². The van der Waals surface area contributed by atoms with Crippen LogP contribution in [-0.4, -0.2) is 28.9 Å². The number of hydrogen-bond donors (Lipinski definition) is 1. The van der Waals surface area contributed by atoms with Crippen LogP contribution < -0.4 is 5.32 Å². The SMILES string of the molecule is Cc1ccc2c(CC(=O)Nc3nc(CN4CCC(C)CC4)cs3)coc2c1C. The number of aryl methyl sites for hydroxylation is 2. The van der Waals surface area contributed by atoms with Crippen LogP contribution in [0.3, 0.4) is 0 Å². The highest BCUT2D eigenvalue weighted by atomic mass is 32.1. The molecule has 0 unspecified atom stereocenters. The fraction of sp³-hybridized carbons (Fsp3) is 0.455. The summed E-state index contributed by atoms with van der Waals surface area (Å²) in [6, 6.07) is 4.10. The molecule has 0 saturated carbocycles. The first kappa shape index (κ1) is 19.2. The standard InChI is InChI=1S/C22H27N3O2S/c1-14-6-8-25(9-7-14)11-18-13-28-22(23-18)24-20(26)10-17-12-27-21-16(3)15(2)4-5-19(17)21/h4-5,12-14H,6-11H2,1-3H3,(H,23,24,26). The molecular formula is C22H27N3O2S. The Kier molecular flexibility index (Phi) is 5.51. The van der Waals surface area contributed by atoms with Crippen LogP contribution in [0.15, 0.2) is 28.2 Å². The van der Waals surface area contributed by atoms with Gasteiger partial charge in [-0.3, -0.25) is 9.69 Å². The van der Waals surface area contributed by atoms with Crippen molar-refractivity contribution in [2.45, 2.75) is 46.6 Å². The molecule has 1 N–H and O–H groups in total. The predicted molar refractivity (Wildman–Crippen MR) is 114 cm³/mol. The van der Waals surface area contributed by atoms with Crippen LogP contribution in [0.2, 0.25) is 0 Å². The highest BCUT2D eigenvalue weighted by molar-refractivity contribution is 7.13. The summed E-state index contributed by atoms with van der Waals surface area (Å²) < 4.78 is 5.71. The van der Waals surface area contributed by atoms with Crippen molar-refractivity contribution in [1.82, 2.24) is 9.88 Å². The summed E-state index contributed by atoms with van der Waals surface area (Å²) in [5.41, 5.74) is 5.14. The highest BCUT2D eigenvalue weighted by Crippen LogP contribution is 2.27. The van der Waals surface area contributed by atoms with Gasteiger partial charge in [-0.25, -0.2) is 4.98 Å². The number of anilines is 1. The van der Waals surface area contributed by atoms with Crippen molar-refractivity contribution >= 4 is 33.3 Å². The van der Waals surface area contributed by atoms with Gasteiger partial charge in [0.15, 0.2) is 5.13 Å². The molecule has 4 rings (SSSR count). The third-order valence-electron chi connectivity index (χ3n) is 5.75. The van der Waals surface area contributed by atoms with E-state index in [0.29, 0.717) is 5.13 Å². The second kappa shape index (κ2) is 8.05. The number of fused-ring (bicyclic) bond motifs is 1. The van der Waals surface area contributed by atoms with E-state index in [1.54, 1.807) is 6.26 Å². The first-order valence-electron chi connectivity index (χ1n) is 9.92. The second-order valence-corrected chi connectivity index (χ2v) is 8.83. The van der Waals surface area contributed by atoms with Crippen LogP contribution in [-0.2, 0) is 17.8 Å². The van der Waals surface area contributed by atoms with Crippen molar-refractivity contribution in [2.24, 2.45) is 5.92 Å². The molecule has 1 amide bonds. The first-order valence-corrected chi connectivity index (χ1v) is 10.8. The number of aromatic nitrogens is 1. The largest absolute Gasteiger partial charge is 0.464 e. The molecule has 0 atom stereocenters. The van der Waals surface area contributed by atoms with Crippen molar-refractivity contribution in [3.05, 3.63) is 46.2 Å². The Balaban J connectivity index is 1.37. The number of nitrogens with one attached hydrogen (secondary N) is 1. The van der Waals surface area contributed by atoms with E-state index in [4.69, 9.17) is 4.42 Å².